The maximum atomic E-state index is 12.8. The Morgan fingerprint density at radius 2 is 1.64 bits per heavy atom. The van der Waals surface area contributed by atoms with E-state index in [0.29, 0.717) is 5.56 Å². The molecule has 3 aromatic rings. The number of fused-ring (bicyclic) bond motifs is 1. The summed E-state index contributed by atoms with van der Waals surface area (Å²) in [6.07, 6.45) is 0. The number of hydrogen-bond acceptors (Lipinski definition) is 3. The minimum Gasteiger partial charge on any atom is -0.497 e. The second-order valence-corrected chi connectivity index (χ2v) is 4.96. The maximum absolute atomic E-state index is 12.8. The number of carbonyl (C=O) groups excluding carboxylic acids is 1. The molecule has 0 spiro atoms. The Hall–Kier alpha value is -2.75. The normalized spacial score (nSPS) is 10.7. The van der Waals surface area contributed by atoms with Crippen molar-refractivity contribution >= 4 is 16.8 Å². The molecular weight excluding hydrogens is 278 g/mol. The van der Waals surface area contributed by atoms with Gasteiger partial charge in [-0.05, 0) is 49.4 Å². The second kappa shape index (κ2) is 5.56. The van der Waals surface area contributed by atoms with Gasteiger partial charge in [-0.1, -0.05) is 0 Å². The number of hydrogen-bond donors (Lipinski definition) is 0. The van der Waals surface area contributed by atoms with Crippen molar-refractivity contribution in [2.24, 2.45) is 0 Å². The van der Waals surface area contributed by atoms with Gasteiger partial charge in [-0.15, -0.1) is 0 Å². The van der Waals surface area contributed by atoms with E-state index in [1.54, 1.807) is 43.1 Å². The van der Waals surface area contributed by atoms with Crippen molar-refractivity contribution in [3.05, 3.63) is 59.8 Å². The Bertz CT molecular complexity index is 831. The van der Waals surface area contributed by atoms with Gasteiger partial charge in [0.2, 0.25) is 0 Å². The molecule has 0 amide bonds. The summed E-state index contributed by atoms with van der Waals surface area (Å²) in [6, 6.07) is 15.9. The van der Waals surface area contributed by atoms with Crippen molar-refractivity contribution in [1.82, 2.24) is 4.57 Å². The first-order chi connectivity index (χ1) is 10.6. The molecule has 0 saturated carbocycles. The van der Waals surface area contributed by atoms with E-state index < -0.39 is 0 Å². The Balaban J connectivity index is 2.08. The van der Waals surface area contributed by atoms with Crippen LogP contribution in [0, 0.1) is 13.0 Å². The van der Waals surface area contributed by atoms with Crippen molar-refractivity contribution in [3.8, 4) is 11.5 Å². The monoisotopic (exact) mass is 294 g/mol. The third-order valence-corrected chi connectivity index (χ3v) is 3.64. The molecule has 4 heteroatoms. The molecule has 4 nitrogen and oxygen atoms in total. The summed E-state index contributed by atoms with van der Waals surface area (Å²) in [6.45, 7) is 1.87. The summed E-state index contributed by atoms with van der Waals surface area (Å²) >= 11 is 0. The molecule has 0 aliphatic carbocycles. The predicted octanol–water partition coefficient (Wildman–Crippen LogP) is 3.46. The van der Waals surface area contributed by atoms with Crippen molar-refractivity contribution in [3.63, 3.8) is 0 Å². The highest BCUT2D eigenvalue weighted by Gasteiger charge is 2.15. The van der Waals surface area contributed by atoms with Crippen molar-refractivity contribution in [2.45, 2.75) is 6.92 Å². The van der Waals surface area contributed by atoms with Crippen LogP contribution in [0.5, 0.6) is 11.5 Å². The van der Waals surface area contributed by atoms with Gasteiger partial charge in [-0.3, -0.25) is 9.36 Å². The van der Waals surface area contributed by atoms with Gasteiger partial charge in [0.05, 0.1) is 19.7 Å². The molecule has 0 fully saturated rings. The number of aromatic nitrogens is 1. The number of ether oxygens (including phenoxy) is 2. The van der Waals surface area contributed by atoms with Crippen LogP contribution in [0.25, 0.3) is 10.9 Å². The van der Waals surface area contributed by atoms with Crippen molar-refractivity contribution in [2.75, 3.05) is 14.2 Å². The van der Waals surface area contributed by atoms with Gasteiger partial charge in [-0.25, -0.2) is 0 Å². The molecule has 0 unspecified atom stereocenters. The quantitative estimate of drug-likeness (QED) is 0.743. The molecule has 1 radical (unpaired) electrons. The first-order valence-electron chi connectivity index (χ1n) is 6.91. The third-order valence-electron chi connectivity index (χ3n) is 3.64. The molecule has 0 saturated heterocycles. The number of methoxy groups -OCH3 is 2. The predicted molar refractivity (Wildman–Crippen MR) is 84.8 cm³/mol. The van der Waals surface area contributed by atoms with Gasteiger partial charge in [0.25, 0.3) is 5.91 Å². The summed E-state index contributed by atoms with van der Waals surface area (Å²) in [4.78, 5) is 12.8. The van der Waals surface area contributed by atoms with E-state index in [1.807, 2.05) is 25.1 Å². The lowest BCUT2D eigenvalue weighted by Crippen LogP contribution is -2.13. The van der Waals surface area contributed by atoms with Crippen LogP contribution in [-0.4, -0.2) is 24.7 Å². The topological polar surface area (TPSA) is 40.5 Å². The van der Waals surface area contributed by atoms with Crippen LogP contribution in [0.15, 0.2) is 42.5 Å². The van der Waals surface area contributed by atoms with E-state index in [1.165, 1.54) is 0 Å². The van der Waals surface area contributed by atoms with Crippen molar-refractivity contribution in [1.29, 1.82) is 0 Å². The van der Waals surface area contributed by atoms with Gasteiger partial charge in [0.1, 0.15) is 11.5 Å². The average Bonchev–Trinajstić information content (AvgIpc) is 2.89. The van der Waals surface area contributed by atoms with Crippen LogP contribution >= 0.6 is 0 Å². The Labute approximate surface area is 128 Å². The van der Waals surface area contributed by atoms with Crippen LogP contribution < -0.4 is 9.47 Å². The fourth-order valence-corrected chi connectivity index (χ4v) is 2.49. The smallest absolute Gasteiger partial charge is 0.262 e. The molecule has 3 rings (SSSR count). The largest absolute Gasteiger partial charge is 0.497 e. The molecule has 1 aromatic heterocycles. The van der Waals surface area contributed by atoms with E-state index in [0.717, 1.165) is 28.1 Å². The minimum atomic E-state index is -0.0865. The SMILES string of the molecule is COc1ccc(C(=O)n2c(C)[c]c3cc(OC)ccc32)cc1. The number of benzene rings is 2. The highest BCUT2D eigenvalue weighted by Crippen LogP contribution is 2.25. The van der Waals surface area contributed by atoms with Gasteiger partial charge >= 0.3 is 0 Å². The summed E-state index contributed by atoms with van der Waals surface area (Å²) in [7, 11) is 3.22. The van der Waals surface area contributed by atoms with Crippen LogP contribution in [0.2, 0.25) is 0 Å². The molecule has 1 heterocycles. The lowest BCUT2D eigenvalue weighted by molar-refractivity contribution is 0.0963. The fourth-order valence-electron chi connectivity index (χ4n) is 2.49. The van der Waals surface area contributed by atoms with Gasteiger partial charge in [0.15, 0.2) is 0 Å². The zero-order chi connectivity index (χ0) is 15.7. The van der Waals surface area contributed by atoms with E-state index in [-0.39, 0.29) is 5.91 Å². The first-order valence-corrected chi connectivity index (χ1v) is 6.91. The minimum absolute atomic E-state index is 0.0865. The second-order valence-electron chi connectivity index (χ2n) is 4.96. The Morgan fingerprint density at radius 3 is 2.27 bits per heavy atom. The molecule has 0 atom stereocenters. The molecule has 22 heavy (non-hydrogen) atoms. The van der Waals surface area contributed by atoms with Crippen LogP contribution in [0.1, 0.15) is 16.1 Å². The Kier molecular flexibility index (Phi) is 3.59. The molecule has 0 aliphatic rings. The number of nitrogens with zero attached hydrogens (tertiary/aromatic N) is 1. The van der Waals surface area contributed by atoms with Crippen LogP contribution in [-0.2, 0) is 0 Å². The standard InChI is InChI=1S/C18H16NO3/c1-12-10-14-11-16(22-3)8-9-17(14)19(12)18(20)13-4-6-15(21-2)7-5-13/h4-9,11H,1-3H3. The number of carbonyl (C=O) groups is 1. The highest BCUT2D eigenvalue weighted by molar-refractivity contribution is 6.03. The maximum Gasteiger partial charge on any atom is 0.262 e. The third kappa shape index (κ3) is 2.33. The summed E-state index contributed by atoms with van der Waals surface area (Å²) < 4.78 is 12.0. The van der Waals surface area contributed by atoms with Gasteiger partial charge < -0.3 is 9.47 Å². The number of rotatable bonds is 3. The molecule has 0 bridgehead atoms. The lowest BCUT2D eigenvalue weighted by Gasteiger charge is -2.08. The van der Waals surface area contributed by atoms with Crippen LogP contribution in [0.3, 0.4) is 0 Å². The molecule has 111 valence electrons. The highest BCUT2D eigenvalue weighted by atomic mass is 16.5. The first kappa shape index (κ1) is 14.2. The van der Waals surface area contributed by atoms with E-state index >= 15 is 0 Å². The lowest BCUT2D eigenvalue weighted by atomic mass is 10.2. The van der Waals surface area contributed by atoms with Gasteiger partial charge in [0, 0.05) is 22.7 Å². The van der Waals surface area contributed by atoms with E-state index in [9.17, 15) is 4.79 Å². The van der Waals surface area contributed by atoms with E-state index in [2.05, 4.69) is 6.07 Å². The Morgan fingerprint density at radius 1 is 1.00 bits per heavy atom. The molecule has 2 aromatic carbocycles. The number of aryl methyl sites for hydroxylation is 1. The summed E-state index contributed by atoms with van der Waals surface area (Å²) in [5, 5.41) is 0.860. The summed E-state index contributed by atoms with van der Waals surface area (Å²) in [5.41, 5.74) is 2.19. The van der Waals surface area contributed by atoms with Crippen LogP contribution in [0.4, 0.5) is 0 Å². The van der Waals surface area contributed by atoms with E-state index in [4.69, 9.17) is 9.47 Å². The molecule has 0 N–H and O–H groups in total. The van der Waals surface area contributed by atoms with Gasteiger partial charge in [-0.2, -0.15) is 0 Å². The zero-order valence-electron chi connectivity index (χ0n) is 12.7. The summed E-state index contributed by atoms with van der Waals surface area (Å²) in [5.74, 6) is 1.39. The zero-order valence-corrected chi connectivity index (χ0v) is 12.7. The van der Waals surface area contributed by atoms with Crippen molar-refractivity contribution < 1.29 is 14.3 Å². The molecule has 0 aliphatic heterocycles. The molecular formula is C18H16NO3. The fraction of sp³-hybridized carbons (Fsp3) is 0.167. The average molecular weight is 294 g/mol.